The van der Waals surface area contributed by atoms with Crippen molar-refractivity contribution in [3.63, 3.8) is 0 Å². The zero-order valence-corrected chi connectivity index (χ0v) is 6.75. The Bertz CT molecular complexity index is 149. The van der Waals surface area contributed by atoms with Crippen molar-refractivity contribution < 1.29 is 9.53 Å². The average molecular weight is 158 g/mol. The number of esters is 1. The molecule has 11 heavy (non-hydrogen) atoms. The monoisotopic (exact) mass is 158 g/mol. The molecule has 0 unspecified atom stereocenters. The van der Waals surface area contributed by atoms with Crippen LogP contribution in [0, 0.1) is 0 Å². The third kappa shape index (κ3) is 2.48. The second kappa shape index (κ2) is 3.69. The molecule has 0 radical (unpaired) electrons. The van der Waals surface area contributed by atoms with E-state index in [-0.39, 0.29) is 12.0 Å². The molecule has 0 amide bonds. The summed E-state index contributed by atoms with van der Waals surface area (Å²) in [5.41, 5.74) is 5.65. The number of ether oxygens (including phenoxy) is 1. The number of hydrogen-bond acceptors (Lipinski definition) is 4. The van der Waals surface area contributed by atoms with Gasteiger partial charge >= 0.3 is 5.97 Å². The Morgan fingerprint density at radius 1 is 1.82 bits per heavy atom. The van der Waals surface area contributed by atoms with E-state index in [1.165, 1.54) is 7.11 Å². The van der Waals surface area contributed by atoms with Gasteiger partial charge in [-0.15, -0.1) is 0 Å². The van der Waals surface area contributed by atoms with Crippen molar-refractivity contribution >= 4 is 5.97 Å². The van der Waals surface area contributed by atoms with Gasteiger partial charge in [0.25, 0.3) is 0 Å². The van der Waals surface area contributed by atoms with E-state index in [0.29, 0.717) is 6.54 Å². The van der Waals surface area contributed by atoms with Crippen LogP contribution in [0.5, 0.6) is 0 Å². The summed E-state index contributed by atoms with van der Waals surface area (Å²) in [5, 5.41) is 0. The number of methoxy groups -OCH3 is 1. The first-order chi connectivity index (χ1) is 5.22. The van der Waals surface area contributed by atoms with Gasteiger partial charge in [-0.2, -0.15) is 0 Å². The summed E-state index contributed by atoms with van der Waals surface area (Å²) in [7, 11) is 1.40. The van der Waals surface area contributed by atoms with Crippen molar-refractivity contribution in [3.05, 3.63) is 0 Å². The predicted octanol–water partition coefficient (Wildman–Crippen LogP) is -0.808. The van der Waals surface area contributed by atoms with Crippen molar-refractivity contribution in [1.29, 1.82) is 0 Å². The van der Waals surface area contributed by atoms with E-state index >= 15 is 0 Å². The number of likely N-dealkylation sites (tertiary alicyclic amines) is 1. The van der Waals surface area contributed by atoms with E-state index in [1.54, 1.807) is 0 Å². The fourth-order valence-electron chi connectivity index (χ4n) is 1.25. The van der Waals surface area contributed by atoms with Crippen molar-refractivity contribution in [2.45, 2.75) is 12.5 Å². The average Bonchev–Trinajstić information content (AvgIpc) is 2.35. The lowest BCUT2D eigenvalue weighted by Crippen LogP contribution is -2.31. The first-order valence-corrected chi connectivity index (χ1v) is 3.77. The van der Waals surface area contributed by atoms with Crippen LogP contribution in [0.1, 0.15) is 6.42 Å². The second-order valence-electron chi connectivity index (χ2n) is 2.86. The third-order valence-electron chi connectivity index (χ3n) is 1.89. The molecule has 1 heterocycles. The summed E-state index contributed by atoms with van der Waals surface area (Å²) in [4.78, 5) is 12.8. The third-order valence-corrected chi connectivity index (χ3v) is 1.89. The SMILES string of the molecule is COC(=O)CN1CC[C@H](N)C1. The van der Waals surface area contributed by atoms with Gasteiger partial charge in [-0.05, 0) is 6.42 Å². The van der Waals surface area contributed by atoms with Gasteiger partial charge in [-0.3, -0.25) is 9.69 Å². The highest BCUT2D eigenvalue weighted by Crippen LogP contribution is 2.05. The van der Waals surface area contributed by atoms with Crippen LogP contribution in [0.2, 0.25) is 0 Å². The van der Waals surface area contributed by atoms with Crippen LogP contribution in [0.15, 0.2) is 0 Å². The lowest BCUT2D eigenvalue weighted by atomic mass is 10.3. The molecule has 0 aromatic rings. The molecule has 1 fully saturated rings. The summed E-state index contributed by atoms with van der Waals surface area (Å²) in [5.74, 6) is -0.181. The molecule has 0 saturated carbocycles. The molecule has 0 bridgehead atoms. The minimum Gasteiger partial charge on any atom is -0.468 e. The molecule has 1 atom stereocenters. The highest BCUT2D eigenvalue weighted by Gasteiger charge is 2.20. The first-order valence-electron chi connectivity index (χ1n) is 3.77. The summed E-state index contributed by atoms with van der Waals surface area (Å²) < 4.78 is 4.53. The van der Waals surface area contributed by atoms with Crippen LogP contribution < -0.4 is 5.73 Å². The molecule has 2 N–H and O–H groups in total. The Balaban J connectivity index is 2.23. The van der Waals surface area contributed by atoms with E-state index in [0.717, 1.165) is 19.5 Å². The Labute approximate surface area is 66.3 Å². The highest BCUT2D eigenvalue weighted by atomic mass is 16.5. The quantitative estimate of drug-likeness (QED) is 0.534. The van der Waals surface area contributed by atoms with E-state index in [1.807, 2.05) is 4.90 Å². The largest absolute Gasteiger partial charge is 0.468 e. The number of rotatable bonds is 2. The van der Waals surface area contributed by atoms with Crippen molar-refractivity contribution in [2.75, 3.05) is 26.7 Å². The molecular weight excluding hydrogens is 144 g/mol. The Morgan fingerprint density at radius 2 is 2.55 bits per heavy atom. The zero-order valence-electron chi connectivity index (χ0n) is 6.75. The molecule has 0 spiro atoms. The van der Waals surface area contributed by atoms with Gasteiger partial charge < -0.3 is 10.5 Å². The molecule has 1 saturated heterocycles. The standard InChI is InChI=1S/C7H14N2O2/c1-11-7(10)5-9-3-2-6(8)4-9/h6H,2-5,8H2,1H3/t6-/m0/s1. The molecule has 4 heteroatoms. The predicted molar refractivity (Wildman–Crippen MR) is 41.0 cm³/mol. The molecule has 0 aromatic carbocycles. The Morgan fingerprint density at radius 3 is 3.00 bits per heavy atom. The van der Waals surface area contributed by atoms with Gasteiger partial charge in [0.1, 0.15) is 0 Å². The normalized spacial score (nSPS) is 25.5. The summed E-state index contributed by atoms with van der Waals surface area (Å²) in [6.45, 7) is 2.11. The van der Waals surface area contributed by atoms with Gasteiger partial charge in [0.2, 0.25) is 0 Å². The minimum atomic E-state index is -0.181. The molecule has 1 aliphatic rings. The molecule has 0 aliphatic carbocycles. The molecule has 1 aliphatic heterocycles. The van der Waals surface area contributed by atoms with E-state index in [4.69, 9.17) is 5.73 Å². The molecule has 64 valence electrons. The van der Waals surface area contributed by atoms with Crippen LogP contribution in [0.25, 0.3) is 0 Å². The van der Waals surface area contributed by atoms with Crippen LogP contribution >= 0.6 is 0 Å². The topological polar surface area (TPSA) is 55.6 Å². The van der Waals surface area contributed by atoms with Gasteiger partial charge in [0.15, 0.2) is 0 Å². The van der Waals surface area contributed by atoms with Crippen LogP contribution in [-0.4, -0.2) is 43.7 Å². The smallest absolute Gasteiger partial charge is 0.319 e. The van der Waals surface area contributed by atoms with E-state index in [2.05, 4.69) is 4.74 Å². The van der Waals surface area contributed by atoms with Gasteiger partial charge in [0.05, 0.1) is 13.7 Å². The molecule has 1 rings (SSSR count). The Hall–Kier alpha value is -0.610. The second-order valence-corrected chi connectivity index (χ2v) is 2.86. The van der Waals surface area contributed by atoms with Crippen LogP contribution in [0.3, 0.4) is 0 Å². The van der Waals surface area contributed by atoms with Gasteiger partial charge in [0, 0.05) is 19.1 Å². The number of nitrogens with zero attached hydrogens (tertiary/aromatic N) is 1. The minimum absolute atomic E-state index is 0.181. The van der Waals surface area contributed by atoms with Crippen molar-refractivity contribution in [1.82, 2.24) is 4.90 Å². The molecular formula is C7H14N2O2. The van der Waals surface area contributed by atoms with Crippen molar-refractivity contribution in [3.8, 4) is 0 Å². The number of carbonyl (C=O) groups is 1. The number of nitrogens with two attached hydrogens (primary N) is 1. The number of carbonyl (C=O) groups excluding carboxylic acids is 1. The van der Waals surface area contributed by atoms with E-state index < -0.39 is 0 Å². The molecule has 0 aromatic heterocycles. The fourth-order valence-corrected chi connectivity index (χ4v) is 1.25. The Kier molecular flexibility index (Phi) is 2.84. The zero-order chi connectivity index (χ0) is 8.27. The maximum Gasteiger partial charge on any atom is 0.319 e. The summed E-state index contributed by atoms with van der Waals surface area (Å²) in [6, 6.07) is 0.236. The van der Waals surface area contributed by atoms with Crippen LogP contribution in [-0.2, 0) is 9.53 Å². The maximum atomic E-state index is 10.8. The van der Waals surface area contributed by atoms with E-state index in [9.17, 15) is 4.79 Å². The summed E-state index contributed by atoms with van der Waals surface area (Å²) >= 11 is 0. The number of hydrogen-bond donors (Lipinski definition) is 1. The summed E-state index contributed by atoms with van der Waals surface area (Å²) in [6.07, 6.45) is 0.983. The van der Waals surface area contributed by atoms with Gasteiger partial charge in [-0.25, -0.2) is 0 Å². The lowest BCUT2D eigenvalue weighted by Gasteiger charge is -2.12. The van der Waals surface area contributed by atoms with Crippen molar-refractivity contribution in [2.24, 2.45) is 5.73 Å². The van der Waals surface area contributed by atoms with Crippen LogP contribution in [0.4, 0.5) is 0 Å². The van der Waals surface area contributed by atoms with Gasteiger partial charge in [-0.1, -0.05) is 0 Å². The first kappa shape index (κ1) is 8.49. The fraction of sp³-hybridized carbons (Fsp3) is 0.857. The highest BCUT2D eigenvalue weighted by molar-refractivity contribution is 5.71. The molecule has 4 nitrogen and oxygen atoms in total. The maximum absolute atomic E-state index is 10.8. The lowest BCUT2D eigenvalue weighted by molar-refractivity contribution is -0.141.